The Hall–Kier alpha value is -11.4. The van der Waals surface area contributed by atoms with Gasteiger partial charge in [-0.1, -0.05) is 239 Å². The topological polar surface area (TPSA) is 40.1 Å². The number of aromatic nitrogens is 2. The van der Waals surface area contributed by atoms with E-state index in [0.29, 0.717) is 44.7 Å². The van der Waals surface area contributed by atoms with Crippen LogP contribution >= 0.6 is 0 Å². The molecule has 0 spiro atoms. The van der Waals surface area contributed by atoms with Crippen molar-refractivity contribution in [3.05, 3.63) is 308 Å². The summed E-state index contributed by atoms with van der Waals surface area (Å²) in [6, 6.07) is 29.8. The number of para-hydroxylation sites is 3. The van der Waals surface area contributed by atoms with Gasteiger partial charge < -0.3 is 18.9 Å². The van der Waals surface area contributed by atoms with E-state index in [-0.39, 0.29) is 77.5 Å². The highest BCUT2D eigenvalue weighted by Crippen LogP contribution is 2.51. The molecule has 0 N–H and O–H groups in total. The second-order valence-corrected chi connectivity index (χ2v) is 22.9. The van der Waals surface area contributed by atoms with Crippen molar-refractivity contribution < 1.29 is 34.3 Å². The van der Waals surface area contributed by atoms with Crippen LogP contribution in [0.4, 0.5) is 34.1 Å². The Kier molecular flexibility index (Phi) is 7.41. The first-order chi connectivity index (χ1) is 54.2. The Morgan fingerprint density at radius 1 is 0.371 bits per heavy atom. The molecule has 0 saturated heterocycles. The van der Waals surface area contributed by atoms with Crippen LogP contribution in [0, 0.1) is 11.3 Å². The number of fused-ring (bicyclic) bond motifs is 10. The van der Waals surface area contributed by atoms with Crippen molar-refractivity contribution in [1.82, 2.24) is 9.13 Å². The SMILES string of the molecule is [2H]c1c([2H])c([2H])c(-c2ccc3c(c2)N(c2ccc(-c4ccccc4)cc2-c2ccccc2)c2cc(C(C)(C)C)cc4c2B3c2ccc(-n3c5c([2H])c([2H])c([2H])c([2H])c5c5c([2H])c([2H])c([2H])c([2H])c53)cc2N4c2cccc(-n3c4c([2H])c([2H])c([2H])c([2H])c4c4c([2H])c([2H])c(-c5c([2H])c([2H])c([2H])c([2H])c5[2H])c([2H])c43)c2C#N)c([2H])c1[2H]. The van der Waals surface area contributed by atoms with Crippen molar-refractivity contribution in [2.24, 2.45) is 0 Å². The molecule has 0 atom stereocenters. The van der Waals surface area contributed by atoms with Crippen LogP contribution in [0.5, 0.6) is 0 Å². The zero-order chi connectivity index (χ0) is 81.2. The van der Waals surface area contributed by atoms with Crippen molar-refractivity contribution in [1.29, 1.82) is 5.26 Å². The number of hydrogen-bond donors (Lipinski definition) is 0. The molecule has 2 aromatic heterocycles. The van der Waals surface area contributed by atoms with Crippen LogP contribution < -0.4 is 26.2 Å². The molecule has 0 amide bonds. The third-order valence-corrected chi connectivity index (χ3v) is 17.0. The molecule has 15 aromatic rings. The highest BCUT2D eigenvalue weighted by molar-refractivity contribution is 7.00. The summed E-state index contributed by atoms with van der Waals surface area (Å²) < 4.78 is 234. The first kappa shape index (κ1) is 32.4. The van der Waals surface area contributed by atoms with Crippen LogP contribution in [0.3, 0.4) is 0 Å². The molecule has 418 valence electrons. The molecular formula is C83H58BN5. The third-order valence-electron chi connectivity index (χ3n) is 17.0. The average Bonchev–Trinajstić information content (AvgIpc) is 0.740. The summed E-state index contributed by atoms with van der Waals surface area (Å²) in [6.07, 6.45) is 0. The Morgan fingerprint density at radius 3 is 1.52 bits per heavy atom. The van der Waals surface area contributed by atoms with E-state index in [4.69, 9.17) is 17.8 Å². The molecule has 13 aromatic carbocycles. The highest BCUT2D eigenvalue weighted by atomic mass is 15.2. The largest absolute Gasteiger partial charge is 0.311 e. The van der Waals surface area contributed by atoms with Gasteiger partial charge in [0.15, 0.2) is 0 Å². The normalized spacial score (nSPS) is 16.5. The number of anilines is 6. The van der Waals surface area contributed by atoms with E-state index < -0.39 is 180 Å². The molecule has 0 fully saturated rings. The summed E-state index contributed by atoms with van der Waals surface area (Å²) in [7, 11) is 0. The predicted octanol–water partition coefficient (Wildman–Crippen LogP) is 19.8. The van der Waals surface area contributed by atoms with Crippen LogP contribution in [0.15, 0.2) is 297 Å². The van der Waals surface area contributed by atoms with Crippen molar-refractivity contribution in [3.63, 3.8) is 0 Å². The van der Waals surface area contributed by atoms with Crippen LogP contribution in [0.1, 0.15) is 66.2 Å². The van der Waals surface area contributed by atoms with Gasteiger partial charge in [0.05, 0.1) is 73.4 Å². The van der Waals surface area contributed by atoms with Crippen LogP contribution in [-0.2, 0) is 5.41 Å². The van der Waals surface area contributed by atoms with E-state index >= 15 is 0 Å². The van der Waals surface area contributed by atoms with Crippen LogP contribution in [-0.4, -0.2) is 15.8 Å². The minimum Gasteiger partial charge on any atom is -0.311 e. The molecule has 6 heteroatoms. The van der Waals surface area contributed by atoms with E-state index in [2.05, 4.69) is 23.1 Å². The molecule has 89 heavy (non-hydrogen) atoms. The fourth-order valence-corrected chi connectivity index (χ4v) is 13.0. The number of hydrogen-bond acceptors (Lipinski definition) is 3. The quantitative estimate of drug-likeness (QED) is 0.142. The standard InChI is InChI=1S/C83H58BN5/c1-83(2,3)61-50-80-82-81(51-61)89(76-46-41-58(54-23-8-4-9-24-54)47-67(76)57-29-14-7-15-30-57)78-49-60(56-27-12-6-13-28-56)40-44-69(78)84(82)70-45-42-62(86-71-34-19-16-31-63(71)64-32-17-20-35-72(64)86)52-79(70)88(80)75-38-22-37-74(68(75)53-85)87-73-36-21-18-33-65(73)66-43-39-59(48-77(66)87)55-25-10-5-11-26-55/h4-52H,1-3H3/i5D,6D,10D,11D,12D,13D,16D,17D,18D,19D,20D,21D,25D,26D,27D,28D,31D,32D,33D,34D,35D,36D,39D,43D,48D. The molecule has 0 aliphatic carbocycles. The maximum atomic E-state index is 12.5. The minimum absolute atomic E-state index is 0.0219. The lowest BCUT2D eigenvalue weighted by atomic mass is 9.33. The van der Waals surface area contributed by atoms with E-state index in [9.17, 15) is 21.7 Å². The Labute approximate surface area is 553 Å². The van der Waals surface area contributed by atoms with E-state index in [1.165, 1.54) is 15.2 Å². The third kappa shape index (κ3) is 8.23. The predicted molar refractivity (Wildman–Crippen MR) is 374 cm³/mol. The highest BCUT2D eigenvalue weighted by Gasteiger charge is 2.45. The number of nitrogens with zero attached hydrogens (tertiary/aromatic N) is 5. The van der Waals surface area contributed by atoms with Crippen LogP contribution in [0.2, 0.25) is 0 Å². The Morgan fingerprint density at radius 2 is 0.888 bits per heavy atom. The molecule has 0 saturated carbocycles. The molecule has 2 aliphatic heterocycles. The number of benzene rings is 13. The molecule has 4 heterocycles. The fourth-order valence-electron chi connectivity index (χ4n) is 13.0. The van der Waals surface area contributed by atoms with E-state index in [1.807, 2.05) is 106 Å². The van der Waals surface area contributed by atoms with E-state index in [0.717, 1.165) is 22.3 Å². The summed E-state index contributed by atoms with van der Waals surface area (Å²) in [5.74, 6) is 0. The van der Waals surface area contributed by atoms with Crippen molar-refractivity contribution >= 4 is 101 Å². The smallest absolute Gasteiger partial charge is 0.252 e. The van der Waals surface area contributed by atoms with Crippen molar-refractivity contribution in [3.8, 4) is 62.0 Å². The van der Waals surface area contributed by atoms with Gasteiger partial charge >= 0.3 is 0 Å². The summed E-state index contributed by atoms with van der Waals surface area (Å²) in [6.45, 7) is 5.06. The Bertz CT molecular complexity index is 6810. The van der Waals surface area contributed by atoms with Gasteiger partial charge in [0.2, 0.25) is 0 Å². The summed E-state index contributed by atoms with van der Waals surface area (Å²) in [5.41, 5.74) is 4.28. The zero-order valence-corrected chi connectivity index (χ0v) is 47.7. The van der Waals surface area contributed by atoms with Gasteiger partial charge in [-0.15, -0.1) is 0 Å². The van der Waals surface area contributed by atoms with Gasteiger partial charge in [-0.25, -0.2) is 0 Å². The molecule has 5 nitrogen and oxygen atoms in total. The lowest BCUT2D eigenvalue weighted by Gasteiger charge is -2.45. The molecule has 2 aliphatic rings. The average molecular weight is 1160 g/mol. The Balaban J connectivity index is 1.06. The fraction of sp³-hybridized carbons (Fsp3) is 0.0482. The number of rotatable bonds is 8. The zero-order valence-electron chi connectivity index (χ0n) is 72.7. The maximum Gasteiger partial charge on any atom is 0.252 e. The lowest BCUT2D eigenvalue weighted by Crippen LogP contribution is -2.61. The van der Waals surface area contributed by atoms with Gasteiger partial charge in [-0.05, 0) is 145 Å². The summed E-state index contributed by atoms with van der Waals surface area (Å²) in [5, 5.41) is 11.4. The minimum atomic E-state index is -0.927. The van der Waals surface area contributed by atoms with Crippen LogP contribution in [0.25, 0.3) is 99.5 Å². The van der Waals surface area contributed by atoms with Crippen molar-refractivity contribution in [2.45, 2.75) is 26.2 Å². The monoisotopic (exact) mass is 1160 g/mol. The summed E-state index contributed by atoms with van der Waals surface area (Å²) >= 11 is 0. The molecule has 0 unspecified atom stereocenters. The second kappa shape index (κ2) is 20.4. The second-order valence-electron chi connectivity index (χ2n) is 22.9. The molecule has 17 rings (SSSR count). The molecular weight excluding hydrogens is 1080 g/mol. The van der Waals surface area contributed by atoms with Gasteiger partial charge in [0.1, 0.15) is 11.6 Å². The van der Waals surface area contributed by atoms with Gasteiger partial charge in [-0.2, -0.15) is 5.26 Å². The molecule has 0 radical (unpaired) electrons. The van der Waals surface area contributed by atoms with Gasteiger partial charge in [-0.3, -0.25) is 0 Å². The number of nitriles is 1. The van der Waals surface area contributed by atoms with E-state index in [1.54, 1.807) is 47.4 Å². The lowest BCUT2D eigenvalue weighted by molar-refractivity contribution is 0.590. The first-order valence-electron chi connectivity index (χ1n) is 41.2. The first-order valence-corrected chi connectivity index (χ1v) is 28.7. The summed E-state index contributed by atoms with van der Waals surface area (Å²) in [4.78, 5) is 3.85. The van der Waals surface area contributed by atoms with Gasteiger partial charge in [0, 0.05) is 55.5 Å². The van der Waals surface area contributed by atoms with Gasteiger partial charge in [0.25, 0.3) is 6.71 Å². The molecule has 0 bridgehead atoms. The maximum absolute atomic E-state index is 12.5. The van der Waals surface area contributed by atoms with Crippen molar-refractivity contribution in [2.75, 3.05) is 9.80 Å².